The monoisotopic (exact) mass is 295 g/mol. The van der Waals surface area contributed by atoms with Gasteiger partial charge in [-0.05, 0) is 29.8 Å². The summed E-state index contributed by atoms with van der Waals surface area (Å²) in [6.07, 6.45) is 4.72. The lowest BCUT2D eigenvalue weighted by atomic mass is 10.1. The van der Waals surface area contributed by atoms with Crippen molar-refractivity contribution in [3.63, 3.8) is 0 Å². The average Bonchev–Trinajstić information content (AvgIpc) is 2.97. The van der Waals surface area contributed by atoms with Gasteiger partial charge in [0.15, 0.2) is 17.3 Å². The van der Waals surface area contributed by atoms with E-state index in [2.05, 4.69) is 4.98 Å². The highest BCUT2D eigenvalue weighted by atomic mass is 19.1. The lowest BCUT2D eigenvalue weighted by Crippen LogP contribution is -1.92. The molecule has 0 bridgehead atoms. The van der Waals surface area contributed by atoms with Crippen molar-refractivity contribution >= 4 is 22.8 Å². The van der Waals surface area contributed by atoms with Crippen LogP contribution in [0.3, 0.4) is 0 Å². The maximum Gasteiger partial charge on any atom is 0.187 e. The first-order valence-electron chi connectivity index (χ1n) is 6.81. The number of ether oxygens (including phenoxy) is 1. The lowest BCUT2D eigenvalue weighted by molar-refractivity contribution is 0.104. The molecular weight excluding hydrogens is 281 g/mol. The maximum absolute atomic E-state index is 13.6. The minimum absolute atomic E-state index is 0.131. The third-order valence-electron chi connectivity index (χ3n) is 3.46. The molecule has 0 aliphatic rings. The normalized spacial score (nSPS) is 11.2. The summed E-state index contributed by atoms with van der Waals surface area (Å²) in [6.45, 7) is 0. The van der Waals surface area contributed by atoms with Crippen LogP contribution < -0.4 is 4.74 Å². The van der Waals surface area contributed by atoms with Gasteiger partial charge >= 0.3 is 0 Å². The first kappa shape index (κ1) is 14.1. The Bertz CT molecular complexity index is 864. The van der Waals surface area contributed by atoms with Crippen LogP contribution in [0.25, 0.3) is 17.0 Å². The van der Waals surface area contributed by atoms with Gasteiger partial charge in [-0.1, -0.05) is 30.3 Å². The Balaban J connectivity index is 1.86. The van der Waals surface area contributed by atoms with Gasteiger partial charge in [0.2, 0.25) is 0 Å². The smallest absolute Gasteiger partial charge is 0.187 e. The molecule has 0 unspecified atom stereocenters. The highest BCUT2D eigenvalue weighted by Gasteiger charge is 2.09. The number of fused-ring (bicyclic) bond motifs is 1. The second-order valence-electron chi connectivity index (χ2n) is 4.84. The summed E-state index contributed by atoms with van der Waals surface area (Å²) in [5.74, 6) is -0.405. The van der Waals surface area contributed by atoms with Crippen molar-refractivity contribution in [3.05, 3.63) is 71.7 Å². The summed E-state index contributed by atoms with van der Waals surface area (Å²) in [5, 5.41) is 0.873. The molecule has 0 amide bonds. The molecule has 110 valence electrons. The molecule has 4 heteroatoms. The summed E-state index contributed by atoms with van der Waals surface area (Å²) in [7, 11) is 1.41. The Kier molecular flexibility index (Phi) is 3.74. The van der Waals surface area contributed by atoms with Gasteiger partial charge in [-0.15, -0.1) is 0 Å². The summed E-state index contributed by atoms with van der Waals surface area (Å²) in [5.41, 5.74) is 2.11. The molecule has 3 nitrogen and oxygen atoms in total. The average molecular weight is 295 g/mol. The summed E-state index contributed by atoms with van der Waals surface area (Å²) in [4.78, 5) is 15.3. The number of allylic oxidation sites excluding steroid dienone is 1. The zero-order valence-electron chi connectivity index (χ0n) is 12.0. The summed E-state index contributed by atoms with van der Waals surface area (Å²) < 4.78 is 18.5. The van der Waals surface area contributed by atoms with E-state index in [1.807, 2.05) is 24.3 Å². The maximum atomic E-state index is 13.6. The van der Waals surface area contributed by atoms with E-state index in [1.54, 1.807) is 18.3 Å². The molecule has 0 fully saturated rings. The van der Waals surface area contributed by atoms with Gasteiger partial charge in [0.05, 0.1) is 7.11 Å². The van der Waals surface area contributed by atoms with Gasteiger partial charge in [0.1, 0.15) is 0 Å². The van der Waals surface area contributed by atoms with Crippen molar-refractivity contribution < 1.29 is 13.9 Å². The van der Waals surface area contributed by atoms with Crippen LogP contribution >= 0.6 is 0 Å². The number of aromatic nitrogens is 1. The van der Waals surface area contributed by atoms with Crippen LogP contribution in [0.5, 0.6) is 5.75 Å². The largest absolute Gasteiger partial charge is 0.494 e. The van der Waals surface area contributed by atoms with Crippen molar-refractivity contribution in [2.75, 3.05) is 7.11 Å². The second kappa shape index (κ2) is 5.85. The van der Waals surface area contributed by atoms with Crippen LogP contribution in [0.2, 0.25) is 0 Å². The minimum atomic E-state index is -0.454. The minimum Gasteiger partial charge on any atom is -0.494 e. The first-order valence-corrected chi connectivity index (χ1v) is 6.81. The molecule has 0 saturated heterocycles. The molecule has 0 spiro atoms. The summed E-state index contributed by atoms with van der Waals surface area (Å²) >= 11 is 0. The number of benzene rings is 2. The number of carbonyl (C=O) groups excluding carboxylic acids is 1. The van der Waals surface area contributed by atoms with E-state index in [4.69, 9.17) is 4.74 Å². The topological polar surface area (TPSA) is 42.1 Å². The molecule has 1 N–H and O–H groups in total. The van der Waals surface area contributed by atoms with E-state index in [0.29, 0.717) is 11.1 Å². The Labute approximate surface area is 127 Å². The molecule has 0 aliphatic carbocycles. The number of rotatable bonds is 4. The van der Waals surface area contributed by atoms with Gasteiger partial charge in [-0.3, -0.25) is 4.79 Å². The van der Waals surface area contributed by atoms with E-state index in [1.165, 1.54) is 25.3 Å². The van der Waals surface area contributed by atoms with Crippen LogP contribution in [0, 0.1) is 5.82 Å². The number of hydrogen-bond acceptors (Lipinski definition) is 2. The van der Waals surface area contributed by atoms with E-state index in [0.717, 1.165) is 10.9 Å². The zero-order chi connectivity index (χ0) is 15.5. The predicted octanol–water partition coefficient (Wildman–Crippen LogP) is 4.21. The van der Waals surface area contributed by atoms with Crippen molar-refractivity contribution in [2.24, 2.45) is 0 Å². The second-order valence-corrected chi connectivity index (χ2v) is 4.84. The summed E-state index contributed by atoms with van der Waals surface area (Å²) in [6, 6.07) is 12.1. The molecule has 3 aromatic rings. The van der Waals surface area contributed by atoms with Crippen molar-refractivity contribution in [2.45, 2.75) is 0 Å². The number of halogens is 1. The fourth-order valence-corrected chi connectivity index (χ4v) is 2.32. The van der Waals surface area contributed by atoms with Gasteiger partial charge < -0.3 is 9.72 Å². The van der Waals surface area contributed by atoms with E-state index in [9.17, 15) is 9.18 Å². The highest BCUT2D eigenvalue weighted by molar-refractivity contribution is 6.14. The number of para-hydroxylation sites is 1. The molecule has 0 atom stereocenters. The van der Waals surface area contributed by atoms with Crippen LogP contribution in [-0.4, -0.2) is 17.9 Å². The van der Waals surface area contributed by atoms with Crippen molar-refractivity contribution in [1.82, 2.24) is 4.98 Å². The van der Waals surface area contributed by atoms with Gasteiger partial charge in [-0.25, -0.2) is 4.39 Å². The van der Waals surface area contributed by atoms with Gasteiger partial charge in [0.25, 0.3) is 0 Å². The molecule has 0 saturated carbocycles. The van der Waals surface area contributed by atoms with Gasteiger partial charge in [-0.2, -0.15) is 0 Å². The van der Waals surface area contributed by atoms with E-state index < -0.39 is 5.82 Å². The molecule has 2 aromatic carbocycles. The third-order valence-corrected chi connectivity index (χ3v) is 3.46. The number of methoxy groups -OCH3 is 1. The molecule has 0 radical (unpaired) electrons. The number of aromatic amines is 1. The molecule has 1 heterocycles. The number of hydrogen-bond donors (Lipinski definition) is 1. The van der Waals surface area contributed by atoms with Gasteiger partial charge in [0, 0.05) is 22.7 Å². The number of nitrogens with one attached hydrogen (secondary N) is 1. The van der Waals surface area contributed by atoms with Crippen molar-refractivity contribution in [1.29, 1.82) is 0 Å². The fraction of sp³-hybridized carbons (Fsp3) is 0.0556. The predicted molar refractivity (Wildman–Crippen MR) is 84.6 cm³/mol. The number of ketones is 1. The fourth-order valence-electron chi connectivity index (χ4n) is 2.32. The number of H-pyrrole nitrogens is 1. The quantitative estimate of drug-likeness (QED) is 0.578. The molecule has 22 heavy (non-hydrogen) atoms. The number of carbonyl (C=O) groups is 1. The Hall–Kier alpha value is -2.88. The Morgan fingerprint density at radius 2 is 2.05 bits per heavy atom. The third kappa shape index (κ3) is 2.63. The molecule has 3 rings (SSSR count). The molecule has 0 aliphatic heterocycles. The van der Waals surface area contributed by atoms with E-state index in [-0.39, 0.29) is 11.5 Å². The van der Waals surface area contributed by atoms with Crippen LogP contribution in [0.1, 0.15) is 15.9 Å². The van der Waals surface area contributed by atoms with E-state index >= 15 is 0 Å². The standard InChI is InChI=1S/C18H14FNO2/c1-22-18-9-7-12(10-15(18)19)6-8-17(21)14-11-20-16-5-3-2-4-13(14)16/h2-11,20H,1H3/b8-6+. The Morgan fingerprint density at radius 3 is 2.82 bits per heavy atom. The lowest BCUT2D eigenvalue weighted by Gasteiger charge is -2.01. The van der Waals surface area contributed by atoms with Crippen molar-refractivity contribution in [3.8, 4) is 5.75 Å². The molecular formula is C18H14FNO2. The first-order chi connectivity index (χ1) is 10.7. The Morgan fingerprint density at radius 1 is 1.23 bits per heavy atom. The zero-order valence-corrected chi connectivity index (χ0v) is 12.0. The van der Waals surface area contributed by atoms with Crippen LogP contribution in [0.15, 0.2) is 54.7 Å². The SMILES string of the molecule is COc1ccc(/C=C/C(=O)c2c[nH]c3ccccc23)cc1F. The van der Waals surface area contributed by atoms with Crippen LogP contribution in [-0.2, 0) is 0 Å². The highest BCUT2D eigenvalue weighted by Crippen LogP contribution is 2.20. The molecule has 1 aromatic heterocycles. The van der Waals surface area contributed by atoms with Crippen LogP contribution in [0.4, 0.5) is 4.39 Å².